The van der Waals surface area contributed by atoms with Gasteiger partial charge in [0.15, 0.2) is 6.61 Å². The van der Waals surface area contributed by atoms with Gasteiger partial charge in [0.1, 0.15) is 11.5 Å². The van der Waals surface area contributed by atoms with Gasteiger partial charge in [-0.05, 0) is 61.9 Å². The predicted molar refractivity (Wildman–Crippen MR) is 115 cm³/mol. The number of hydrogen-bond acceptors (Lipinski definition) is 6. The van der Waals surface area contributed by atoms with Gasteiger partial charge in [0.2, 0.25) is 0 Å². The number of benzene rings is 2. The van der Waals surface area contributed by atoms with Crippen molar-refractivity contribution in [1.82, 2.24) is 0 Å². The average molecular weight is 468 g/mol. The summed E-state index contributed by atoms with van der Waals surface area (Å²) in [6.45, 7) is 3.94. The number of aryl methyl sites for hydroxylation is 1. The average Bonchev–Trinajstić information content (AvgIpc) is 2.75. The molecule has 32 heavy (non-hydrogen) atoms. The van der Waals surface area contributed by atoms with E-state index in [9.17, 15) is 18.0 Å². The molecular weight excluding hydrogens is 443 g/mol. The molecule has 0 saturated carbocycles. The van der Waals surface area contributed by atoms with E-state index in [-0.39, 0.29) is 25.6 Å². The van der Waals surface area contributed by atoms with Crippen LogP contribution in [0.1, 0.15) is 24.5 Å². The van der Waals surface area contributed by atoms with Crippen LogP contribution in [0.5, 0.6) is 11.5 Å². The monoisotopic (exact) mass is 467 g/mol. The number of alkyl halides is 3. The lowest BCUT2D eigenvalue weighted by Gasteiger charge is -2.16. The summed E-state index contributed by atoms with van der Waals surface area (Å²) in [5, 5.41) is 9.09. The largest absolute Gasteiger partial charge is 0.493 e. The Morgan fingerprint density at radius 1 is 1.16 bits per heavy atom. The molecule has 0 spiro atoms. The molecule has 2 aromatic rings. The second-order valence-corrected chi connectivity index (χ2v) is 7.99. The van der Waals surface area contributed by atoms with Gasteiger partial charge in [0.05, 0.1) is 24.8 Å². The maximum atomic E-state index is 12.7. The van der Waals surface area contributed by atoms with Crippen molar-refractivity contribution in [1.29, 1.82) is 5.26 Å². The molecule has 0 heterocycles. The van der Waals surface area contributed by atoms with Crippen molar-refractivity contribution in [3.8, 4) is 17.6 Å². The van der Waals surface area contributed by atoms with Crippen LogP contribution in [-0.2, 0) is 15.7 Å². The van der Waals surface area contributed by atoms with E-state index in [1.54, 1.807) is 13.0 Å². The molecular formula is C23H24F3NO4S. The Morgan fingerprint density at radius 2 is 1.88 bits per heavy atom. The summed E-state index contributed by atoms with van der Waals surface area (Å²) < 4.78 is 53.9. The number of rotatable bonds is 11. The number of halogens is 3. The number of hydrogen-bond donors (Lipinski definition) is 0. The quantitative estimate of drug-likeness (QED) is 0.314. The van der Waals surface area contributed by atoms with Gasteiger partial charge in [0.25, 0.3) is 0 Å². The third-order valence-electron chi connectivity index (χ3n) is 4.33. The van der Waals surface area contributed by atoms with Gasteiger partial charge in [-0.2, -0.15) is 18.4 Å². The summed E-state index contributed by atoms with van der Waals surface area (Å²) in [5.41, 5.74) is 0.121. The Hall–Kier alpha value is -2.86. The Labute approximate surface area is 189 Å². The van der Waals surface area contributed by atoms with Crippen LogP contribution >= 0.6 is 11.8 Å². The molecule has 0 N–H and O–H groups in total. The topological polar surface area (TPSA) is 68.5 Å². The number of carbonyl (C=O) groups excluding carboxylic acids is 1. The zero-order valence-electron chi connectivity index (χ0n) is 17.8. The fourth-order valence-electron chi connectivity index (χ4n) is 2.68. The highest BCUT2D eigenvalue weighted by molar-refractivity contribution is 7.99. The molecule has 1 unspecified atom stereocenters. The fraction of sp³-hybridized carbons (Fsp3) is 0.391. The second-order valence-electron chi connectivity index (χ2n) is 6.89. The van der Waals surface area contributed by atoms with Crippen LogP contribution in [0.2, 0.25) is 0 Å². The van der Waals surface area contributed by atoms with Crippen LogP contribution in [0.15, 0.2) is 47.4 Å². The first kappa shape index (κ1) is 25.4. The van der Waals surface area contributed by atoms with Crippen LogP contribution < -0.4 is 9.47 Å². The van der Waals surface area contributed by atoms with Crippen molar-refractivity contribution in [2.75, 3.05) is 25.6 Å². The molecule has 172 valence electrons. The van der Waals surface area contributed by atoms with Gasteiger partial charge in [-0.1, -0.05) is 0 Å². The molecule has 5 nitrogen and oxygen atoms in total. The van der Waals surface area contributed by atoms with Crippen molar-refractivity contribution in [3.05, 3.63) is 53.6 Å². The van der Waals surface area contributed by atoms with E-state index in [0.29, 0.717) is 23.9 Å². The molecule has 0 aliphatic heterocycles. The second kappa shape index (κ2) is 12.2. The van der Waals surface area contributed by atoms with E-state index in [0.717, 1.165) is 22.6 Å². The first-order valence-electron chi connectivity index (χ1n) is 9.91. The number of carbonyl (C=O) groups is 1. The van der Waals surface area contributed by atoms with Gasteiger partial charge in [-0.25, -0.2) is 4.79 Å². The Balaban J connectivity index is 1.88. The first-order chi connectivity index (χ1) is 15.2. The van der Waals surface area contributed by atoms with E-state index in [2.05, 4.69) is 6.07 Å². The van der Waals surface area contributed by atoms with Crippen molar-refractivity contribution in [3.63, 3.8) is 0 Å². The van der Waals surface area contributed by atoms with Crippen molar-refractivity contribution < 1.29 is 32.2 Å². The van der Waals surface area contributed by atoms with Crippen LogP contribution in [0.4, 0.5) is 13.2 Å². The zero-order valence-corrected chi connectivity index (χ0v) is 18.6. The standard InChI is InChI=1S/C23H24F3NO4S/c1-3-29-22(28)14-31-21-9-8-20(12-16(21)2)32-15-17(10-11-27)13-30-19-6-4-18(5-7-19)23(24,25)26/h4-9,12,17H,3,10,13-15H2,1-2H3. The predicted octanol–water partition coefficient (Wildman–Crippen LogP) is 5.66. The summed E-state index contributed by atoms with van der Waals surface area (Å²) in [5.74, 6) is 0.966. The minimum Gasteiger partial charge on any atom is -0.493 e. The summed E-state index contributed by atoms with van der Waals surface area (Å²) in [6, 6.07) is 12.2. The molecule has 0 saturated heterocycles. The molecule has 0 aromatic heterocycles. The molecule has 0 radical (unpaired) electrons. The van der Waals surface area contributed by atoms with Gasteiger partial charge in [0, 0.05) is 23.0 Å². The summed E-state index contributed by atoms with van der Waals surface area (Å²) in [6.07, 6.45) is -4.14. The van der Waals surface area contributed by atoms with E-state index in [1.807, 2.05) is 19.1 Å². The van der Waals surface area contributed by atoms with E-state index >= 15 is 0 Å². The highest BCUT2D eigenvalue weighted by Crippen LogP contribution is 2.31. The maximum absolute atomic E-state index is 12.7. The minimum absolute atomic E-state index is 0.104. The molecule has 0 amide bonds. The molecule has 0 aliphatic carbocycles. The zero-order chi connectivity index (χ0) is 23.6. The highest BCUT2D eigenvalue weighted by atomic mass is 32.2. The van der Waals surface area contributed by atoms with Crippen LogP contribution in [0.3, 0.4) is 0 Å². The van der Waals surface area contributed by atoms with E-state index < -0.39 is 17.7 Å². The van der Waals surface area contributed by atoms with Crippen LogP contribution in [0, 0.1) is 24.2 Å². The molecule has 2 rings (SSSR count). The molecule has 1 atom stereocenters. The van der Waals surface area contributed by atoms with Gasteiger partial charge >= 0.3 is 12.1 Å². The Morgan fingerprint density at radius 3 is 2.47 bits per heavy atom. The summed E-state index contributed by atoms with van der Waals surface area (Å²) in [4.78, 5) is 12.4. The molecule has 0 bridgehead atoms. The van der Waals surface area contributed by atoms with Gasteiger partial charge in [-0.15, -0.1) is 11.8 Å². The number of nitrogens with zero attached hydrogens (tertiary/aromatic N) is 1. The van der Waals surface area contributed by atoms with Gasteiger partial charge in [-0.3, -0.25) is 0 Å². The van der Waals surface area contributed by atoms with E-state index in [4.69, 9.17) is 19.5 Å². The number of esters is 1. The van der Waals surface area contributed by atoms with Crippen molar-refractivity contribution in [2.45, 2.75) is 31.3 Å². The minimum atomic E-state index is -4.39. The van der Waals surface area contributed by atoms with Gasteiger partial charge < -0.3 is 14.2 Å². The van der Waals surface area contributed by atoms with Crippen molar-refractivity contribution in [2.24, 2.45) is 5.92 Å². The number of thioether (sulfide) groups is 1. The number of ether oxygens (including phenoxy) is 3. The van der Waals surface area contributed by atoms with Crippen LogP contribution in [-0.4, -0.2) is 31.5 Å². The lowest BCUT2D eigenvalue weighted by atomic mass is 10.1. The van der Waals surface area contributed by atoms with E-state index in [1.165, 1.54) is 23.9 Å². The molecule has 0 aliphatic rings. The maximum Gasteiger partial charge on any atom is 0.416 e. The SMILES string of the molecule is CCOC(=O)COc1ccc(SCC(CC#N)COc2ccc(C(F)(F)F)cc2)cc1C. The smallest absolute Gasteiger partial charge is 0.416 e. The lowest BCUT2D eigenvalue weighted by molar-refractivity contribution is -0.145. The highest BCUT2D eigenvalue weighted by Gasteiger charge is 2.30. The normalized spacial score (nSPS) is 12.0. The first-order valence-corrected chi connectivity index (χ1v) is 10.9. The lowest BCUT2D eigenvalue weighted by Crippen LogP contribution is -2.15. The fourth-order valence-corrected chi connectivity index (χ4v) is 3.74. The summed E-state index contributed by atoms with van der Waals surface area (Å²) >= 11 is 1.54. The molecule has 0 fully saturated rings. The molecule has 2 aromatic carbocycles. The third-order valence-corrected chi connectivity index (χ3v) is 5.56. The Kier molecular flexibility index (Phi) is 9.72. The molecule has 9 heteroatoms. The Bertz CT molecular complexity index is 926. The number of nitriles is 1. The summed E-state index contributed by atoms with van der Waals surface area (Å²) in [7, 11) is 0. The van der Waals surface area contributed by atoms with Crippen molar-refractivity contribution >= 4 is 17.7 Å². The van der Waals surface area contributed by atoms with Crippen LogP contribution in [0.25, 0.3) is 0 Å². The third kappa shape index (κ3) is 8.35.